The van der Waals surface area contributed by atoms with E-state index in [-0.39, 0.29) is 24.0 Å². The maximum Gasteiger partial charge on any atom is 0.191 e. The van der Waals surface area contributed by atoms with Gasteiger partial charge in [-0.15, -0.1) is 24.0 Å². The number of nitrogens with one attached hydrogen (secondary N) is 2. The van der Waals surface area contributed by atoms with Crippen molar-refractivity contribution in [2.75, 3.05) is 33.7 Å². The van der Waals surface area contributed by atoms with Crippen LogP contribution in [0.5, 0.6) is 0 Å². The minimum absolute atomic E-state index is 0. The Morgan fingerprint density at radius 2 is 1.92 bits per heavy atom. The molecular weight excluding hydrogens is 460 g/mol. The third-order valence-corrected chi connectivity index (χ3v) is 5.40. The molecule has 0 spiro atoms. The Labute approximate surface area is 172 Å². The molecule has 1 saturated heterocycles. The molecule has 0 unspecified atom stereocenters. The molecule has 0 atom stereocenters. The van der Waals surface area contributed by atoms with Gasteiger partial charge in [-0.2, -0.15) is 0 Å². The number of rotatable bonds is 5. The first-order chi connectivity index (χ1) is 11.0. The smallest absolute Gasteiger partial charge is 0.191 e. The fourth-order valence-corrected chi connectivity index (χ4v) is 3.31. The van der Waals surface area contributed by atoms with Gasteiger partial charge in [-0.3, -0.25) is 4.99 Å². The van der Waals surface area contributed by atoms with E-state index in [1.165, 1.54) is 32.4 Å². The number of halogens is 3. The van der Waals surface area contributed by atoms with Gasteiger partial charge in [0.25, 0.3) is 0 Å². The summed E-state index contributed by atoms with van der Waals surface area (Å²) in [6.45, 7) is 4.01. The molecule has 1 aliphatic heterocycles. The van der Waals surface area contributed by atoms with Crippen LogP contribution in [0.1, 0.15) is 25.0 Å². The standard InChI is InChI=1S/C16H27Cl2N5.HI/c1-19-16(20-7-4-12-5-8-22(2)9-6-12)21-11-13-10-14(17)15(18)23(13)3;/h10,12H,4-9,11H2,1-3H3,(H2,19,20,21);1H. The molecule has 0 amide bonds. The molecule has 1 aromatic heterocycles. The SMILES string of the molecule is CN=C(NCCC1CCN(C)CC1)NCc1cc(Cl)c(Cl)n1C.I. The molecule has 0 aromatic carbocycles. The van der Waals surface area contributed by atoms with Crippen molar-refractivity contribution in [2.24, 2.45) is 18.0 Å². The Morgan fingerprint density at radius 1 is 1.25 bits per heavy atom. The zero-order valence-corrected chi connectivity index (χ0v) is 18.5. The molecule has 0 bridgehead atoms. The van der Waals surface area contributed by atoms with Gasteiger partial charge >= 0.3 is 0 Å². The summed E-state index contributed by atoms with van der Waals surface area (Å²) in [7, 11) is 5.89. The van der Waals surface area contributed by atoms with E-state index in [2.05, 4.69) is 27.6 Å². The second-order valence-electron chi connectivity index (χ2n) is 6.22. The quantitative estimate of drug-likeness (QED) is 0.380. The Bertz CT molecular complexity index is 539. The van der Waals surface area contributed by atoms with Crippen molar-refractivity contribution in [3.8, 4) is 0 Å². The molecule has 0 aliphatic carbocycles. The minimum Gasteiger partial charge on any atom is -0.356 e. The second-order valence-corrected chi connectivity index (χ2v) is 6.99. The lowest BCUT2D eigenvalue weighted by Crippen LogP contribution is -2.39. The van der Waals surface area contributed by atoms with Gasteiger partial charge in [0.1, 0.15) is 5.15 Å². The summed E-state index contributed by atoms with van der Waals surface area (Å²) in [6, 6.07) is 1.88. The number of guanidine groups is 1. The molecule has 1 fully saturated rings. The number of hydrogen-bond acceptors (Lipinski definition) is 2. The molecule has 24 heavy (non-hydrogen) atoms. The molecule has 138 valence electrons. The van der Waals surface area contributed by atoms with Gasteiger partial charge < -0.3 is 20.1 Å². The fraction of sp³-hybridized carbons (Fsp3) is 0.688. The van der Waals surface area contributed by atoms with E-state index in [4.69, 9.17) is 23.2 Å². The predicted molar refractivity (Wildman–Crippen MR) is 114 cm³/mol. The van der Waals surface area contributed by atoms with Gasteiger partial charge in [-0.05, 0) is 51.4 Å². The highest BCUT2D eigenvalue weighted by atomic mass is 127. The highest BCUT2D eigenvalue weighted by molar-refractivity contribution is 14.0. The van der Waals surface area contributed by atoms with E-state index in [9.17, 15) is 0 Å². The molecule has 0 radical (unpaired) electrons. The highest BCUT2D eigenvalue weighted by Gasteiger charge is 2.16. The largest absolute Gasteiger partial charge is 0.356 e. The summed E-state index contributed by atoms with van der Waals surface area (Å²) < 4.78 is 1.88. The van der Waals surface area contributed by atoms with Crippen LogP contribution in [0.3, 0.4) is 0 Å². The molecule has 2 N–H and O–H groups in total. The lowest BCUT2D eigenvalue weighted by atomic mass is 9.94. The van der Waals surface area contributed by atoms with E-state index in [0.29, 0.717) is 16.7 Å². The lowest BCUT2D eigenvalue weighted by Gasteiger charge is -2.29. The third kappa shape index (κ3) is 6.28. The van der Waals surface area contributed by atoms with Crippen molar-refractivity contribution in [3.05, 3.63) is 21.9 Å². The molecule has 2 heterocycles. The topological polar surface area (TPSA) is 44.6 Å². The first-order valence-electron chi connectivity index (χ1n) is 8.14. The number of aliphatic imine (C=N–C) groups is 1. The van der Waals surface area contributed by atoms with Crippen LogP contribution < -0.4 is 10.6 Å². The molecule has 1 aliphatic rings. The second kappa shape index (κ2) is 10.7. The maximum absolute atomic E-state index is 6.08. The van der Waals surface area contributed by atoms with Gasteiger partial charge in [0.2, 0.25) is 0 Å². The van der Waals surface area contributed by atoms with Crippen LogP contribution in [0.15, 0.2) is 11.1 Å². The zero-order chi connectivity index (χ0) is 16.8. The van der Waals surface area contributed by atoms with E-state index in [1.807, 2.05) is 17.7 Å². The molecule has 2 rings (SSSR count). The van der Waals surface area contributed by atoms with Crippen molar-refractivity contribution in [3.63, 3.8) is 0 Å². The molecule has 0 saturated carbocycles. The number of nitrogens with zero attached hydrogens (tertiary/aromatic N) is 3. The number of aromatic nitrogens is 1. The Balaban J connectivity index is 0.00000288. The monoisotopic (exact) mass is 487 g/mol. The predicted octanol–water partition coefficient (Wildman–Crippen LogP) is 3.35. The van der Waals surface area contributed by atoms with Gasteiger partial charge in [0.15, 0.2) is 5.96 Å². The molecule has 5 nitrogen and oxygen atoms in total. The van der Waals surface area contributed by atoms with Crippen LogP contribution in [-0.4, -0.2) is 49.2 Å². The van der Waals surface area contributed by atoms with E-state index >= 15 is 0 Å². The average molecular weight is 488 g/mol. The van der Waals surface area contributed by atoms with Crippen molar-refractivity contribution in [2.45, 2.75) is 25.8 Å². The van der Waals surface area contributed by atoms with Gasteiger partial charge in [-0.1, -0.05) is 23.2 Å². The van der Waals surface area contributed by atoms with Gasteiger partial charge in [0, 0.05) is 26.3 Å². The van der Waals surface area contributed by atoms with Crippen LogP contribution in [-0.2, 0) is 13.6 Å². The average Bonchev–Trinajstić information content (AvgIpc) is 2.79. The zero-order valence-electron chi connectivity index (χ0n) is 14.6. The lowest BCUT2D eigenvalue weighted by molar-refractivity contribution is 0.213. The normalized spacial score (nSPS) is 16.8. The Hall–Kier alpha value is -0.180. The number of piperidine rings is 1. The van der Waals surface area contributed by atoms with Crippen molar-refractivity contribution >= 4 is 53.1 Å². The summed E-state index contributed by atoms with van der Waals surface area (Å²) >= 11 is 12.1. The van der Waals surface area contributed by atoms with Crippen LogP contribution in [0.25, 0.3) is 0 Å². The molecule has 1 aromatic rings. The molecular formula is C16H28Cl2IN5. The number of hydrogen-bond donors (Lipinski definition) is 2. The summed E-state index contributed by atoms with van der Waals surface area (Å²) in [5, 5.41) is 7.84. The first kappa shape index (κ1) is 21.9. The minimum atomic E-state index is 0. The summed E-state index contributed by atoms with van der Waals surface area (Å²) in [5.74, 6) is 1.63. The van der Waals surface area contributed by atoms with Crippen molar-refractivity contribution in [1.82, 2.24) is 20.1 Å². The van der Waals surface area contributed by atoms with E-state index < -0.39 is 0 Å². The summed E-state index contributed by atoms with van der Waals surface area (Å²) in [6.07, 6.45) is 3.78. The number of likely N-dealkylation sites (tertiary alicyclic amines) is 1. The van der Waals surface area contributed by atoms with Crippen molar-refractivity contribution < 1.29 is 0 Å². The maximum atomic E-state index is 6.08. The van der Waals surface area contributed by atoms with Crippen LogP contribution in [0.2, 0.25) is 10.2 Å². The fourth-order valence-electron chi connectivity index (χ4n) is 2.90. The summed E-state index contributed by atoms with van der Waals surface area (Å²) in [4.78, 5) is 6.67. The highest BCUT2D eigenvalue weighted by Crippen LogP contribution is 2.24. The van der Waals surface area contributed by atoms with Gasteiger partial charge in [-0.25, -0.2) is 0 Å². The van der Waals surface area contributed by atoms with Crippen LogP contribution in [0.4, 0.5) is 0 Å². The van der Waals surface area contributed by atoms with Crippen molar-refractivity contribution in [1.29, 1.82) is 0 Å². The first-order valence-corrected chi connectivity index (χ1v) is 8.89. The van der Waals surface area contributed by atoms with Crippen LogP contribution >= 0.6 is 47.2 Å². The van der Waals surface area contributed by atoms with Gasteiger partial charge in [0.05, 0.1) is 11.6 Å². The van der Waals surface area contributed by atoms with E-state index in [0.717, 1.165) is 24.1 Å². The summed E-state index contributed by atoms with van der Waals surface area (Å²) in [5.41, 5.74) is 1.03. The van der Waals surface area contributed by atoms with E-state index in [1.54, 1.807) is 7.05 Å². The third-order valence-electron chi connectivity index (χ3n) is 4.56. The Kier molecular flexibility index (Phi) is 9.77. The Morgan fingerprint density at radius 3 is 2.46 bits per heavy atom. The van der Waals surface area contributed by atoms with Crippen LogP contribution in [0, 0.1) is 5.92 Å². The molecule has 8 heteroatoms.